The van der Waals surface area contributed by atoms with Crippen molar-refractivity contribution in [1.29, 1.82) is 0 Å². The normalized spacial score (nSPS) is 18.8. The third-order valence-corrected chi connectivity index (χ3v) is 5.86. The van der Waals surface area contributed by atoms with Crippen molar-refractivity contribution in [3.8, 4) is 5.88 Å². The molecule has 0 saturated heterocycles. The first-order chi connectivity index (χ1) is 14.0. The number of nitrogens with zero attached hydrogens (tertiary/aromatic N) is 2. The molecule has 1 aliphatic heterocycles. The highest BCUT2D eigenvalue weighted by atomic mass is 16.5. The first-order valence-electron chi connectivity index (χ1n) is 10.7. The van der Waals surface area contributed by atoms with E-state index in [1.165, 1.54) is 11.1 Å². The molecule has 1 aromatic heterocycles. The molecule has 0 aliphatic carbocycles. The van der Waals surface area contributed by atoms with Crippen LogP contribution in [0.5, 0.6) is 5.88 Å². The van der Waals surface area contributed by atoms with Crippen molar-refractivity contribution >= 4 is 17.0 Å². The number of benzene rings is 1. The van der Waals surface area contributed by atoms with Crippen LogP contribution in [-0.2, 0) is 0 Å². The molecular formula is C26H32N2O. The minimum atomic E-state index is -0.725. The van der Waals surface area contributed by atoms with Gasteiger partial charge in [-0.05, 0) is 62.3 Å². The standard InChI is InChI=1S/C26H32N2O/c1-7-11-18(5)22-16-17-27-25-23(22)28-24(26(6,10-4)29-25)21-14-12-20(13-15-21)19(8-2)9-3/h10-17,19H,4,7-9H2,1-3,5-6H3. The van der Waals surface area contributed by atoms with Crippen molar-refractivity contribution in [2.75, 3.05) is 0 Å². The zero-order valence-corrected chi connectivity index (χ0v) is 18.3. The molecule has 0 radical (unpaired) electrons. The number of aromatic nitrogens is 1. The van der Waals surface area contributed by atoms with Gasteiger partial charge in [0, 0.05) is 17.3 Å². The summed E-state index contributed by atoms with van der Waals surface area (Å²) in [7, 11) is 0. The molecule has 1 aliphatic rings. The van der Waals surface area contributed by atoms with E-state index in [1.807, 2.05) is 19.1 Å². The lowest BCUT2D eigenvalue weighted by Crippen LogP contribution is -2.42. The Hall–Kier alpha value is -2.68. The second-order valence-corrected chi connectivity index (χ2v) is 7.82. The Bertz CT molecular complexity index is 936. The molecular weight excluding hydrogens is 356 g/mol. The van der Waals surface area contributed by atoms with Crippen molar-refractivity contribution < 1.29 is 4.74 Å². The first-order valence-corrected chi connectivity index (χ1v) is 10.7. The number of hydrogen-bond acceptors (Lipinski definition) is 3. The van der Waals surface area contributed by atoms with Gasteiger partial charge in [0.25, 0.3) is 0 Å². The van der Waals surface area contributed by atoms with Gasteiger partial charge in [0.2, 0.25) is 5.88 Å². The summed E-state index contributed by atoms with van der Waals surface area (Å²) in [6.07, 6.45) is 9.08. The Morgan fingerprint density at radius 2 is 1.83 bits per heavy atom. The van der Waals surface area contributed by atoms with Crippen LogP contribution in [0.25, 0.3) is 5.57 Å². The van der Waals surface area contributed by atoms with Gasteiger partial charge in [-0.15, -0.1) is 0 Å². The summed E-state index contributed by atoms with van der Waals surface area (Å²) in [5, 5.41) is 0. The van der Waals surface area contributed by atoms with Crippen LogP contribution in [0.1, 0.15) is 76.5 Å². The van der Waals surface area contributed by atoms with Crippen LogP contribution in [0.15, 0.2) is 60.3 Å². The predicted molar refractivity (Wildman–Crippen MR) is 123 cm³/mol. The van der Waals surface area contributed by atoms with Crippen LogP contribution < -0.4 is 4.74 Å². The van der Waals surface area contributed by atoms with Crippen molar-refractivity contribution in [2.24, 2.45) is 4.99 Å². The highest BCUT2D eigenvalue weighted by Gasteiger charge is 2.36. The lowest BCUT2D eigenvalue weighted by atomic mass is 9.88. The zero-order valence-electron chi connectivity index (χ0n) is 18.3. The lowest BCUT2D eigenvalue weighted by Gasteiger charge is -2.33. The van der Waals surface area contributed by atoms with E-state index in [-0.39, 0.29) is 0 Å². The monoisotopic (exact) mass is 388 g/mol. The molecule has 152 valence electrons. The molecule has 0 amide bonds. The van der Waals surface area contributed by atoms with Crippen molar-refractivity contribution in [3.63, 3.8) is 0 Å². The molecule has 3 rings (SSSR count). The topological polar surface area (TPSA) is 34.5 Å². The summed E-state index contributed by atoms with van der Waals surface area (Å²) in [5.41, 5.74) is 5.62. The fraction of sp³-hybridized carbons (Fsp3) is 0.385. The number of pyridine rings is 1. The van der Waals surface area contributed by atoms with E-state index >= 15 is 0 Å². The number of allylic oxidation sites excluding steroid dienone is 2. The predicted octanol–water partition coefficient (Wildman–Crippen LogP) is 7.26. The number of fused-ring (bicyclic) bond motifs is 1. The van der Waals surface area contributed by atoms with Crippen LogP contribution in [0.2, 0.25) is 0 Å². The number of rotatable bonds is 7. The molecule has 1 aromatic carbocycles. The molecule has 0 bridgehead atoms. The van der Waals surface area contributed by atoms with Gasteiger partial charge in [-0.3, -0.25) is 0 Å². The molecule has 0 fully saturated rings. The second-order valence-electron chi connectivity index (χ2n) is 7.82. The van der Waals surface area contributed by atoms with E-state index in [0.29, 0.717) is 11.8 Å². The molecule has 29 heavy (non-hydrogen) atoms. The van der Waals surface area contributed by atoms with Gasteiger partial charge in [-0.1, -0.05) is 57.7 Å². The van der Waals surface area contributed by atoms with Gasteiger partial charge in [-0.2, -0.15) is 0 Å². The van der Waals surface area contributed by atoms with E-state index in [9.17, 15) is 0 Å². The maximum absolute atomic E-state index is 6.34. The average Bonchev–Trinajstić information content (AvgIpc) is 2.74. The number of ether oxygens (including phenoxy) is 1. The summed E-state index contributed by atoms with van der Waals surface area (Å²) < 4.78 is 6.34. The number of hydrogen-bond donors (Lipinski definition) is 0. The molecule has 3 nitrogen and oxygen atoms in total. The van der Waals surface area contributed by atoms with E-state index in [4.69, 9.17) is 9.73 Å². The maximum Gasteiger partial charge on any atom is 0.241 e. The smallest absolute Gasteiger partial charge is 0.241 e. The third-order valence-electron chi connectivity index (χ3n) is 5.86. The molecule has 1 atom stereocenters. The first kappa shape index (κ1) is 21.0. The second kappa shape index (κ2) is 8.77. The molecule has 0 saturated carbocycles. The van der Waals surface area contributed by atoms with E-state index in [1.54, 1.807) is 6.20 Å². The Kier molecular flexibility index (Phi) is 6.36. The Morgan fingerprint density at radius 3 is 2.41 bits per heavy atom. The summed E-state index contributed by atoms with van der Waals surface area (Å²) in [6, 6.07) is 10.8. The summed E-state index contributed by atoms with van der Waals surface area (Å²) in [6.45, 7) is 14.8. The molecule has 1 unspecified atom stereocenters. The quantitative estimate of drug-likeness (QED) is 0.468. The summed E-state index contributed by atoms with van der Waals surface area (Å²) in [5.74, 6) is 1.16. The van der Waals surface area contributed by atoms with Crippen LogP contribution >= 0.6 is 0 Å². The Balaban J connectivity index is 2.12. The van der Waals surface area contributed by atoms with Crippen LogP contribution in [0, 0.1) is 0 Å². The van der Waals surface area contributed by atoms with Crippen LogP contribution in [0.3, 0.4) is 0 Å². The van der Waals surface area contributed by atoms with E-state index < -0.39 is 5.60 Å². The van der Waals surface area contributed by atoms with E-state index in [0.717, 1.165) is 41.8 Å². The van der Waals surface area contributed by atoms with Gasteiger partial charge >= 0.3 is 0 Å². The fourth-order valence-corrected chi connectivity index (χ4v) is 3.99. The minimum absolute atomic E-state index is 0.561. The van der Waals surface area contributed by atoms with Crippen molar-refractivity contribution in [3.05, 3.63) is 72.0 Å². The number of aliphatic imine (C=N–C) groups is 1. The van der Waals surface area contributed by atoms with Crippen molar-refractivity contribution in [1.82, 2.24) is 4.98 Å². The van der Waals surface area contributed by atoms with Crippen LogP contribution in [0.4, 0.5) is 5.69 Å². The van der Waals surface area contributed by atoms with Gasteiger partial charge in [0.1, 0.15) is 5.69 Å². The molecule has 3 heteroatoms. The highest BCUT2D eigenvalue weighted by Crippen LogP contribution is 2.41. The summed E-state index contributed by atoms with van der Waals surface area (Å²) in [4.78, 5) is 9.52. The van der Waals surface area contributed by atoms with Gasteiger partial charge in [-0.25, -0.2) is 9.98 Å². The molecule has 0 N–H and O–H groups in total. The van der Waals surface area contributed by atoms with E-state index in [2.05, 4.69) is 69.6 Å². The lowest BCUT2D eigenvalue weighted by molar-refractivity contribution is 0.200. The molecule has 2 heterocycles. The summed E-state index contributed by atoms with van der Waals surface area (Å²) >= 11 is 0. The average molecular weight is 389 g/mol. The highest BCUT2D eigenvalue weighted by molar-refractivity contribution is 6.10. The van der Waals surface area contributed by atoms with Gasteiger partial charge < -0.3 is 4.74 Å². The fourth-order valence-electron chi connectivity index (χ4n) is 3.99. The molecule has 2 aromatic rings. The molecule has 0 spiro atoms. The van der Waals surface area contributed by atoms with Crippen molar-refractivity contribution in [2.45, 2.75) is 65.4 Å². The zero-order chi connectivity index (χ0) is 21.0. The Labute approximate surface area is 175 Å². The van der Waals surface area contributed by atoms with Crippen LogP contribution in [-0.4, -0.2) is 16.3 Å². The maximum atomic E-state index is 6.34. The largest absolute Gasteiger partial charge is 0.459 e. The minimum Gasteiger partial charge on any atom is -0.459 e. The van der Waals surface area contributed by atoms with Gasteiger partial charge in [0.05, 0.1) is 5.71 Å². The third kappa shape index (κ3) is 4.05. The Morgan fingerprint density at radius 1 is 1.14 bits per heavy atom. The SMILES string of the molecule is C=CC1(C)Oc2nccc(C(C)=CCC)c2N=C1c1ccc(C(CC)CC)cc1. The van der Waals surface area contributed by atoms with Gasteiger partial charge in [0.15, 0.2) is 5.60 Å².